The Morgan fingerprint density at radius 2 is 2.11 bits per heavy atom. The van der Waals surface area contributed by atoms with Gasteiger partial charge in [-0.2, -0.15) is 0 Å². The Labute approximate surface area is 157 Å². The smallest absolute Gasteiger partial charge is 0.404 e. The van der Waals surface area contributed by atoms with Crippen LogP contribution in [0.2, 0.25) is 0 Å². The normalized spacial score (nSPS) is 13.7. The van der Waals surface area contributed by atoms with Crippen LogP contribution in [0, 0.1) is 5.92 Å². The van der Waals surface area contributed by atoms with Crippen molar-refractivity contribution in [3.8, 4) is 5.75 Å². The number of nitrogens with zero attached hydrogens (tertiary/aromatic N) is 1. The molecule has 0 unspecified atom stereocenters. The summed E-state index contributed by atoms with van der Waals surface area (Å²) in [5.41, 5.74) is 1.08. The highest BCUT2D eigenvalue weighted by Gasteiger charge is 2.26. The van der Waals surface area contributed by atoms with E-state index in [1.165, 1.54) is 0 Å². The molecular weight excluding hydrogens is 348 g/mol. The highest BCUT2D eigenvalue weighted by molar-refractivity contribution is 5.89. The Balaban J connectivity index is 2.18. The molecule has 3 N–H and O–H groups in total. The lowest BCUT2D eigenvalue weighted by molar-refractivity contribution is 0.193. The Hall–Kier alpha value is -2.54. The van der Waals surface area contributed by atoms with Crippen LogP contribution in [0.1, 0.15) is 43.9 Å². The molecule has 1 aliphatic rings. The van der Waals surface area contributed by atoms with E-state index in [0.717, 1.165) is 25.7 Å². The number of hydrogen-bond donors (Lipinski definition) is 3. The molecule has 0 spiro atoms. The van der Waals surface area contributed by atoms with Crippen molar-refractivity contribution in [2.75, 3.05) is 6.61 Å². The number of ether oxygens (including phenoxy) is 1. The van der Waals surface area contributed by atoms with Crippen LogP contribution < -0.4 is 15.6 Å². The summed E-state index contributed by atoms with van der Waals surface area (Å²) in [6.07, 6.45) is 2.82. The molecule has 1 aliphatic carbocycles. The predicted octanol–water partition coefficient (Wildman–Crippen LogP) is 2.85. The second-order valence-electron chi connectivity index (χ2n) is 7.03. The van der Waals surface area contributed by atoms with Crippen LogP contribution in [0.4, 0.5) is 4.79 Å². The zero-order valence-electron chi connectivity index (χ0n) is 15.5. The highest BCUT2D eigenvalue weighted by Crippen LogP contribution is 2.34. The maximum Gasteiger partial charge on any atom is 0.404 e. The Bertz CT molecular complexity index is 886. The predicted molar refractivity (Wildman–Crippen MR) is 102 cm³/mol. The number of aliphatic hydroxyl groups is 1. The quantitative estimate of drug-likeness (QED) is 0.586. The molecule has 27 heavy (non-hydrogen) atoms. The summed E-state index contributed by atoms with van der Waals surface area (Å²) in [7, 11) is 0. The van der Waals surface area contributed by atoms with Gasteiger partial charge in [0.2, 0.25) is 0 Å². The summed E-state index contributed by atoms with van der Waals surface area (Å²) in [6.45, 7) is 2.97. The van der Waals surface area contributed by atoms with Gasteiger partial charge in [-0.05, 0) is 42.9 Å². The SMILES string of the molecule is CCCCOc1c(CNC(=O)O)n(CC2CC2)c(=O)c2ccc(CO)cc12. The van der Waals surface area contributed by atoms with Crippen molar-refractivity contribution >= 4 is 16.9 Å². The molecule has 146 valence electrons. The highest BCUT2D eigenvalue weighted by atomic mass is 16.5. The van der Waals surface area contributed by atoms with E-state index in [4.69, 9.17) is 9.84 Å². The van der Waals surface area contributed by atoms with Crippen molar-refractivity contribution in [2.45, 2.75) is 52.3 Å². The van der Waals surface area contributed by atoms with Gasteiger partial charge in [-0.25, -0.2) is 4.79 Å². The number of carbonyl (C=O) groups is 1. The van der Waals surface area contributed by atoms with Crippen LogP contribution >= 0.6 is 0 Å². The average molecular weight is 374 g/mol. The Morgan fingerprint density at radius 3 is 2.74 bits per heavy atom. The van der Waals surface area contributed by atoms with Crippen molar-refractivity contribution in [3.63, 3.8) is 0 Å². The van der Waals surface area contributed by atoms with Crippen LogP contribution in [0.25, 0.3) is 10.8 Å². The summed E-state index contributed by atoms with van der Waals surface area (Å²) in [6, 6.07) is 5.20. The molecule has 2 aromatic rings. The minimum atomic E-state index is -1.15. The van der Waals surface area contributed by atoms with Gasteiger partial charge in [0.1, 0.15) is 5.75 Å². The third-order valence-electron chi connectivity index (χ3n) is 4.86. The number of carboxylic acid groups (broad SMARTS) is 1. The van der Waals surface area contributed by atoms with Gasteiger partial charge in [-0.3, -0.25) is 4.79 Å². The van der Waals surface area contributed by atoms with Crippen molar-refractivity contribution in [1.82, 2.24) is 9.88 Å². The van der Waals surface area contributed by atoms with E-state index >= 15 is 0 Å². The fraction of sp³-hybridized carbons (Fsp3) is 0.500. The maximum atomic E-state index is 13.1. The van der Waals surface area contributed by atoms with Crippen molar-refractivity contribution in [3.05, 3.63) is 39.8 Å². The number of rotatable bonds is 9. The number of unbranched alkanes of at least 4 members (excludes halogenated alkanes) is 1. The molecule has 0 radical (unpaired) electrons. The third kappa shape index (κ3) is 4.42. The van der Waals surface area contributed by atoms with E-state index in [9.17, 15) is 14.7 Å². The van der Waals surface area contributed by atoms with Gasteiger partial charge in [0.25, 0.3) is 5.56 Å². The molecule has 1 amide bonds. The first-order chi connectivity index (χ1) is 13.0. The monoisotopic (exact) mass is 374 g/mol. The molecular formula is C20H26N2O5. The molecule has 0 atom stereocenters. The van der Waals surface area contributed by atoms with Crippen molar-refractivity contribution in [2.24, 2.45) is 5.92 Å². The molecule has 1 saturated carbocycles. The molecule has 1 aromatic carbocycles. The second-order valence-corrected chi connectivity index (χ2v) is 7.03. The lowest BCUT2D eigenvalue weighted by Gasteiger charge is -2.20. The topological polar surface area (TPSA) is 101 Å². The van der Waals surface area contributed by atoms with E-state index in [0.29, 0.717) is 46.8 Å². The molecule has 0 aliphatic heterocycles. The molecule has 1 heterocycles. The third-order valence-corrected chi connectivity index (χ3v) is 4.86. The van der Waals surface area contributed by atoms with Crippen molar-refractivity contribution in [1.29, 1.82) is 0 Å². The van der Waals surface area contributed by atoms with Gasteiger partial charge >= 0.3 is 6.09 Å². The summed E-state index contributed by atoms with van der Waals surface area (Å²) >= 11 is 0. The standard InChI is InChI=1S/C20H26N2O5/c1-2-3-8-27-18-16-9-14(12-23)6-7-15(16)19(24)22(11-13-4-5-13)17(18)10-21-20(25)26/h6-7,9,13,21,23H,2-5,8,10-12H2,1H3,(H,25,26). The second kappa shape index (κ2) is 8.43. The number of benzene rings is 1. The number of aliphatic hydroxyl groups excluding tert-OH is 1. The summed E-state index contributed by atoms with van der Waals surface area (Å²) in [4.78, 5) is 24.2. The number of hydrogen-bond acceptors (Lipinski definition) is 4. The van der Waals surface area contributed by atoms with E-state index in [1.54, 1.807) is 22.8 Å². The van der Waals surface area contributed by atoms with Gasteiger partial charge in [0, 0.05) is 11.9 Å². The van der Waals surface area contributed by atoms with E-state index in [1.807, 2.05) is 0 Å². The molecule has 1 aromatic heterocycles. The molecule has 0 bridgehead atoms. The van der Waals surface area contributed by atoms with Crippen molar-refractivity contribution < 1.29 is 19.7 Å². The van der Waals surface area contributed by atoms with Crippen LogP contribution in [-0.2, 0) is 19.7 Å². The summed E-state index contributed by atoms with van der Waals surface area (Å²) in [5.74, 6) is 0.978. The molecule has 3 rings (SSSR count). The maximum absolute atomic E-state index is 13.1. The minimum absolute atomic E-state index is 0.00194. The first kappa shape index (κ1) is 19.2. The lowest BCUT2D eigenvalue weighted by atomic mass is 10.1. The molecule has 0 saturated heterocycles. The number of aromatic nitrogens is 1. The van der Waals surface area contributed by atoms with Crippen LogP contribution in [0.3, 0.4) is 0 Å². The van der Waals surface area contributed by atoms with Crippen LogP contribution in [-0.4, -0.2) is 27.5 Å². The van der Waals surface area contributed by atoms with Gasteiger partial charge in [-0.15, -0.1) is 0 Å². The summed E-state index contributed by atoms with van der Waals surface area (Å²) < 4.78 is 7.71. The van der Waals surface area contributed by atoms with E-state index < -0.39 is 6.09 Å². The van der Waals surface area contributed by atoms with Crippen LogP contribution in [0.15, 0.2) is 23.0 Å². The minimum Gasteiger partial charge on any atom is -0.491 e. The van der Waals surface area contributed by atoms with Gasteiger partial charge in [-0.1, -0.05) is 19.4 Å². The number of pyridine rings is 1. The molecule has 7 heteroatoms. The fourth-order valence-corrected chi connectivity index (χ4v) is 3.18. The zero-order chi connectivity index (χ0) is 19.4. The fourth-order valence-electron chi connectivity index (χ4n) is 3.18. The van der Waals surface area contributed by atoms with Gasteiger partial charge < -0.3 is 24.8 Å². The Kier molecular flexibility index (Phi) is 6.01. The average Bonchev–Trinajstić information content (AvgIpc) is 3.48. The van der Waals surface area contributed by atoms with Gasteiger partial charge in [0.15, 0.2) is 0 Å². The molecule has 7 nitrogen and oxygen atoms in total. The van der Waals surface area contributed by atoms with E-state index in [-0.39, 0.29) is 18.7 Å². The number of amides is 1. The number of fused-ring (bicyclic) bond motifs is 1. The number of nitrogens with one attached hydrogen (secondary N) is 1. The first-order valence-corrected chi connectivity index (χ1v) is 9.43. The lowest BCUT2D eigenvalue weighted by Crippen LogP contribution is -2.30. The van der Waals surface area contributed by atoms with Crippen LogP contribution in [0.5, 0.6) is 5.75 Å². The Morgan fingerprint density at radius 1 is 1.33 bits per heavy atom. The van der Waals surface area contributed by atoms with E-state index in [2.05, 4.69) is 12.2 Å². The molecule has 1 fully saturated rings. The zero-order valence-corrected chi connectivity index (χ0v) is 15.5. The largest absolute Gasteiger partial charge is 0.491 e. The summed E-state index contributed by atoms with van der Waals surface area (Å²) in [5, 5.41) is 22.1. The van der Waals surface area contributed by atoms with Gasteiger partial charge in [0.05, 0.1) is 30.8 Å². The first-order valence-electron chi connectivity index (χ1n) is 9.43.